The van der Waals surface area contributed by atoms with Gasteiger partial charge in [0.1, 0.15) is 16.8 Å². The van der Waals surface area contributed by atoms with Crippen LogP contribution in [0.5, 0.6) is 5.75 Å². The Kier molecular flexibility index (Phi) is 1.97. The summed E-state index contributed by atoms with van der Waals surface area (Å²) >= 11 is 6.07. The number of hydrogen-bond acceptors (Lipinski definition) is 3. The standard InChI is InChI=1S/C11H8ClN3O/c1-16-8-4-2-3-6-7-5-13-15-10(7)11(12)14-9(6)8/h2-5H,1H3,(H,13,15). The number of methoxy groups -OCH3 is 1. The minimum Gasteiger partial charge on any atom is -0.494 e. The first-order valence-electron chi connectivity index (χ1n) is 4.76. The lowest BCUT2D eigenvalue weighted by Crippen LogP contribution is -1.89. The fourth-order valence-corrected chi connectivity index (χ4v) is 2.05. The molecule has 0 radical (unpaired) electrons. The average molecular weight is 234 g/mol. The van der Waals surface area contributed by atoms with Crippen LogP contribution in [0, 0.1) is 0 Å². The molecule has 1 N–H and O–H groups in total. The number of fused-ring (bicyclic) bond motifs is 3. The highest BCUT2D eigenvalue weighted by Gasteiger charge is 2.11. The molecule has 0 fully saturated rings. The van der Waals surface area contributed by atoms with E-state index in [0.717, 1.165) is 21.8 Å². The van der Waals surface area contributed by atoms with Gasteiger partial charge in [0.05, 0.1) is 13.3 Å². The summed E-state index contributed by atoms with van der Waals surface area (Å²) in [7, 11) is 1.62. The van der Waals surface area contributed by atoms with Gasteiger partial charge in [0.2, 0.25) is 0 Å². The first-order chi connectivity index (χ1) is 7.81. The second-order valence-electron chi connectivity index (χ2n) is 3.42. The highest BCUT2D eigenvalue weighted by Crippen LogP contribution is 2.31. The number of benzene rings is 1. The summed E-state index contributed by atoms with van der Waals surface area (Å²) in [5.41, 5.74) is 1.51. The van der Waals surface area contributed by atoms with Gasteiger partial charge in [-0.25, -0.2) is 4.98 Å². The van der Waals surface area contributed by atoms with Gasteiger partial charge in [0, 0.05) is 10.8 Å². The molecule has 0 unspecified atom stereocenters. The monoisotopic (exact) mass is 233 g/mol. The predicted molar refractivity (Wildman–Crippen MR) is 63.0 cm³/mol. The van der Waals surface area contributed by atoms with Crippen molar-refractivity contribution in [2.75, 3.05) is 7.11 Å². The number of ether oxygens (including phenoxy) is 1. The zero-order chi connectivity index (χ0) is 11.1. The van der Waals surface area contributed by atoms with Gasteiger partial charge >= 0.3 is 0 Å². The van der Waals surface area contributed by atoms with Crippen LogP contribution in [0.25, 0.3) is 21.8 Å². The Morgan fingerprint density at radius 3 is 3.00 bits per heavy atom. The lowest BCUT2D eigenvalue weighted by Gasteiger charge is -2.05. The normalized spacial score (nSPS) is 11.1. The maximum atomic E-state index is 6.07. The van der Waals surface area contributed by atoms with Crippen molar-refractivity contribution >= 4 is 33.4 Å². The molecular formula is C11H8ClN3O. The summed E-state index contributed by atoms with van der Waals surface area (Å²) in [5, 5.41) is 9.15. The van der Waals surface area contributed by atoms with Gasteiger partial charge in [-0.3, -0.25) is 5.10 Å². The Morgan fingerprint density at radius 1 is 1.31 bits per heavy atom. The molecule has 0 saturated heterocycles. The van der Waals surface area contributed by atoms with Gasteiger partial charge in [-0.05, 0) is 6.07 Å². The fraction of sp³-hybridized carbons (Fsp3) is 0.0909. The maximum absolute atomic E-state index is 6.07. The fourth-order valence-electron chi connectivity index (χ4n) is 1.82. The largest absolute Gasteiger partial charge is 0.494 e. The van der Waals surface area contributed by atoms with Gasteiger partial charge in [-0.2, -0.15) is 5.10 Å². The molecule has 0 spiro atoms. The lowest BCUT2D eigenvalue weighted by molar-refractivity contribution is 0.419. The number of rotatable bonds is 1. The first-order valence-corrected chi connectivity index (χ1v) is 5.14. The molecule has 4 nitrogen and oxygen atoms in total. The van der Waals surface area contributed by atoms with Crippen LogP contribution < -0.4 is 4.74 Å². The lowest BCUT2D eigenvalue weighted by atomic mass is 10.1. The number of nitrogens with zero attached hydrogens (tertiary/aromatic N) is 2. The predicted octanol–water partition coefficient (Wildman–Crippen LogP) is 2.77. The Hall–Kier alpha value is -1.81. The Morgan fingerprint density at radius 2 is 2.19 bits per heavy atom. The summed E-state index contributed by atoms with van der Waals surface area (Å²) < 4.78 is 5.26. The quantitative estimate of drug-likeness (QED) is 0.658. The van der Waals surface area contributed by atoms with Crippen molar-refractivity contribution in [2.24, 2.45) is 0 Å². The molecule has 0 atom stereocenters. The van der Waals surface area contributed by atoms with Crippen molar-refractivity contribution < 1.29 is 4.74 Å². The van der Waals surface area contributed by atoms with Crippen LogP contribution in [-0.4, -0.2) is 22.3 Å². The van der Waals surface area contributed by atoms with Crippen LogP contribution in [-0.2, 0) is 0 Å². The molecule has 0 aliphatic heterocycles. The van der Waals surface area contributed by atoms with E-state index < -0.39 is 0 Å². The van der Waals surface area contributed by atoms with Crippen molar-refractivity contribution in [2.45, 2.75) is 0 Å². The molecular weight excluding hydrogens is 226 g/mol. The Labute approximate surface area is 96.2 Å². The zero-order valence-corrected chi connectivity index (χ0v) is 9.25. The van der Waals surface area contributed by atoms with Crippen molar-refractivity contribution in [3.8, 4) is 5.75 Å². The van der Waals surface area contributed by atoms with E-state index in [4.69, 9.17) is 16.3 Å². The summed E-state index contributed by atoms with van der Waals surface area (Å²) in [6.07, 6.45) is 1.74. The second kappa shape index (κ2) is 3.35. The summed E-state index contributed by atoms with van der Waals surface area (Å²) in [5.74, 6) is 0.711. The number of aromatic amines is 1. The highest BCUT2D eigenvalue weighted by atomic mass is 35.5. The summed E-state index contributed by atoms with van der Waals surface area (Å²) in [6.45, 7) is 0. The van der Waals surface area contributed by atoms with Gasteiger partial charge in [0.15, 0.2) is 5.15 Å². The van der Waals surface area contributed by atoms with Crippen LogP contribution in [0.2, 0.25) is 5.15 Å². The third-order valence-electron chi connectivity index (χ3n) is 2.56. The van der Waals surface area contributed by atoms with Crippen LogP contribution in [0.1, 0.15) is 0 Å². The van der Waals surface area contributed by atoms with Crippen LogP contribution in [0.15, 0.2) is 24.4 Å². The molecule has 0 amide bonds. The SMILES string of the molecule is COc1cccc2c1nc(Cl)c1[nH]ncc12. The number of H-pyrrole nitrogens is 1. The van der Waals surface area contributed by atoms with E-state index in [1.165, 1.54) is 0 Å². The number of hydrogen-bond donors (Lipinski definition) is 1. The molecule has 16 heavy (non-hydrogen) atoms. The van der Waals surface area contributed by atoms with E-state index in [1.54, 1.807) is 13.3 Å². The molecule has 0 aliphatic rings. The van der Waals surface area contributed by atoms with Crippen molar-refractivity contribution in [1.29, 1.82) is 0 Å². The molecule has 3 rings (SSSR count). The average Bonchev–Trinajstić information content (AvgIpc) is 2.78. The van der Waals surface area contributed by atoms with Crippen molar-refractivity contribution in [1.82, 2.24) is 15.2 Å². The minimum atomic E-state index is 0.407. The molecule has 3 aromatic rings. The smallest absolute Gasteiger partial charge is 0.155 e. The molecule has 1 aromatic carbocycles. The molecule has 0 saturated carbocycles. The third-order valence-corrected chi connectivity index (χ3v) is 2.84. The maximum Gasteiger partial charge on any atom is 0.155 e. The molecule has 80 valence electrons. The number of nitrogens with one attached hydrogen (secondary N) is 1. The summed E-state index contributed by atoms with van der Waals surface area (Å²) in [6, 6.07) is 5.75. The first kappa shape index (κ1) is 9.42. The number of para-hydroxylation sites is 1. The van der Waals surface area contributed by atoms with E-state index in [1.807, 2.05) is 18.2 Å². The Balaban J connectivity index is 2.57. The Bertz CT molecular complexity index is 677. The van der Waals surface area contributed by atoms with E-state index in [2.05, 4.69) is 15.2 Å². The van der Waals surface area contributed by atoms with Crippen LogP contribution in [0.3, 0.4) is 0 Å². The number of aromatic nitrogens is 3. The highest BCUT2D eigenvalue weighted by molar-refractivity contribution is 6.35. The second-order valence-corrected chi connectivity index (χ2v) is 3.78. The van der Waals surface area contributed by atoms with Crippen LogP contribution in [0.4, 0.5) is 0 Å². The molecule has 2 aromatic heterocycles. The molecule has 0 bridgehead atoms. The number of halogens is 1. The summed E-state index contributed by atoms with van der Waals surface area (Å²) in [4.78, 5) is 4.32. The van der Waals surface area contributed by atoms with Gasteiger partial charge in [-0.1, -0.05) is 23.7 Å². The van der Waals surface area contributed by atoms with Crippen molar-refractivity contribution in [3.05, 3.63) is 29.5 Å². The van der Waals surface area contributed by atoms with Gasteiger partial charge in [-0.15, -0.1) is 0 Å². The zero-order valence-electron chi connectivity index (χ0n) is 8.49. The van der Waals surface area contributed by atoms with E-state index >= 15 is 0 Å². The van der Waals surface area contributed by atoms with Crippen LogP contribution >= 0.6 is 11.6 Å². The molecule has 5 heteroatoms. The number of pyridine rings is 1. The van der Waals surface area contributed by atoms with E-state index in [-0.39, 0.29) is 0 Å². The molecule has 2 heterocycles. The van der Waals surface area contributed by atoms with E-state index in [9.17, 15) is 0 Å². The van der Waals surface area contributed by atoms with Gasteiger partial charge in [0.25, 0.3) is 0 Å². The van der Waals surface area contributed by atoms with E-state index in [0.29, 0.717) is 10.9 Å². The van der Waals surface area contributed by atoms with Gasteiger partial charge < -0.3 is 4.74 Å². The van der Waals surface area contributed by atoms with Crippen molar-refractivity contribution in [3.63, 3.8) is 0 Å². The molecule has 0 aliphatic carbocycles. The third kappa shape index (κ3) is 1.17. The minimum absolute atomic E-state index is 0.407. The topological polar surface area (TPSA) is 50.8 Å².